The second-order valence-corrected chi connectivity index (χ2v) is 6.06. The Morgan fingerprint density at radius 3 is 2.67 bits per heavy atom. The topological polar surface area (TPSA) is 85.1 Å². The van der Waals surface area contributed by atoms with Crippen molar-refractivity contribution in [3.63, 3.8) is 0 Å². The highest BCUT2D eigenvalue weighted by Crippen LogP contribution is 2.30. The van der Waals surface area contributed by atoms with Gasteiger partial charge in [0.2, 0.25) is 11.7 Å². The SMILES string of the molecule is CC(=O)Nc1nc(N)c(C(=O)c2ccc(Cl)s2)s1. The molecule has 0 aromatic carbocycles. The first kappa shape index (κ1) is 13.0. The molecule has 2 aromatic rings. The number of nitrogen functional groups attached to an aromatic ring is 1. The van der Waals surface area contributed by atoms with E-state index in [1.165, 1.54) is 18.3 Å². The molecule has 18 heavy (non-hydrogen) atoms. The molecular weight excluding hydrogens is 294 g/mol. The van der Waals surface area contributed by atoms with Gasteiger partial charge in [-0.15, -0.1) is 11.3 Å². The summed E-state index contributed by atoms with van der Waals surface area (Å²) in [4.78, 5) is 27.7. The molecule has 0 bridgehead atoms. The van der Waals surface area contributed by atoms with Crippen LogP contribution in [0.4, 0.5) is 10.9 Å². The molecule has 0 aliphatic heterocycles. The fraction of sp³-hybridized carbons (Fsp3) is 0.100. The van der Waals surface area contributed by atoms with Gasteiger partial charge in [0.05, 0.1) is 9.21 Å². The van der Waals surface area contributed by atoms with Crippen LogP contribution < -0.4 is 11.1 Å². The number of rotatable bonds is 3. The standard InChI is InChI=1S/C10H8ClN3O2S2/c1-4(15)13-10-14-9(12)8(18-10)7(16)5-2-3-6(11)17-5/h2-3H,12H2,1H3,(H,13,14,15). The quantitative estimate of drug-likeness (QED) is 0.853. The molecule has 0 spiro atoms. The van der Waals surface area contributed by atoms with Crippen molar-refractivity contribution in [3.8, 4) is 0 Å². The van der Waals surface area contributed by atoms with Crippen LogP contribution in [0.1, 0.15) is 21.5 Å². The van der Waals surface area contributed by atoms with Crippen molar-refractivity contribution in [1.29, 1.82) is 0 Å². The number of amides is 1. The highest BCUT2D eigenvalue weighted by Gasteiger charge is 2.19. The van der Waals surface area contributed by atoms with Crippen molar-refractivity contribution < 1.29 is 9.59 Å². The molecule has 0 saturated heterocycles. The molecule has 0 aliphatic rings. The van der Waals surface area contributed by atoms with E-state index >= 15 is 0 Å². The van der Waals surface area contributed by atoms with Crippen LogP contribution in [0.25, 0.3) is 0 Å². The molecule has 0 aliphatic carbocycles. The van der Waals surface area contributed by atoms with Crippen LogP contribution in [0.3, 0.4) is 0 Å². The van der Waals surface area contributed by atoms with Gasteiger partial charge in [0.15, 0.2) is 5.13 Å². The molecule has 0 saturated carbocycles. The summed E-state index contributed by atoms with van der Waals surface area (Å²) >= 11 is 7.99. The van der Waals surface area contributed by atoms with Gasteiger partial charge in [-0.05, 0) is 12.1 Å². The van der Waals surface area contributed by atoms with E-state index in [0.29, 0.717) is 19.2 Å². The molecule has 94 valence electrons. The van der Waals surface area contributed by atoms with Gasteiger partial charge in [0, 0.05) is 6.92 Å². The highest BCUT2D eigenvalue weighted by atomic mass is 35.5. The lowest BCUT2D eigenvalue weighted by Gasteiger charge is -1.93. The van der Waals surface area contributed by atoms with Crippen LogP contribution in [-0.4, -0.2) is 16.7 Å². The Balaban J connectivity index is 2.30. The van der Waals surface area contributed by atoms with Crippen LogP contribution in [0.15, 0.2) is 12.1 Å². The molecule has 2 rings (SSSR count). The summed E-state index contributed by atoms with van der Waals surface area (Å²) in [6, 6.07) is 3.28. The van der Waals surface area contributed by atoms with E-state index in [0.717, 1.165) is 11.3 Å². The number of anilines is 2. The molecule has 2 aromatic heterocycles. The molecule has 3 N–H and O–H groups in total. The first-order valence-electron chi connectivity index (χ1n) is 4.81. The molecular formula is C10H8ClN3O2S2. The van der Waals surface area contributed by atoms with Crippen molar-refractivity contribution in [1.82, 2.24) is 4.98 Å². The predicted molar refractivity (Wildman–Crippen MR) is 73.6 cm³/mol. The van der Waals surface area contributed by atoms with E-state index in [9.17, 15) is 9.59 Å². The molecule has 8 heteroatoms. The molecule has 0 fully saturated rings. The minimum Gasteiger partial charge on any atom is -0.382 e. The van der Waals surface area contributed by atoms with Crippen LogP contribution in [-0.2, 0) is 4.79 Å². The van der Waals surface area contributed by atoms with Crippen LogP contribution in [0.5, 0.6) is 0 Å². The van der Waals surface area contributed by atoms with E-state index in [-0.39, 0.29) is 17.5 Å². The summed E-state index contributed by atoms with van der Waals surface area (Å²) in [6.45, 7) is 1.36. The summed E-state index contributed by atoms with van der Waals surface area (Å²) < 4.78 is 0.531. The Morgan fingerprint density at radius 2 is 2.11 bits per heavy atom. The number of ketones is 1. The van der Waals surface area contributed by atoms with Gasteiger partial charge in [-0.25, -0.2) is 4.98 Å². The minimum absolute atomic E-state index is 0.110. The first-order valence-corrected chi connectivity index (χ1v) is 6.82. The summed E-state index contributed by atoms with van der Waals surface area (Å²) in [6.07, 6.45) is 0. The number of hydrogen-bond donors (Lipinski definition) is 2. The van der Waals surface area contributed by atoms with Gasteiger partial charge in [0.1, 0.15) is 10.7 Å². The molecule has 0 radical (unpaired) electrons. The number of hydrogen-bond acceptors (Lipinski definition) is 6. The number of nitrogens with two attached hydrogens (primary N) is 1. The van der Waals surface area contributed by atoms with Crippen LogP contribution >= 0.6 is 34.3 Å². The van der Waals surface area contributed by atoms with Gasteiger partial charge in [-0.3, -0.25) is 9.59 Å². The van der Waals surface area contributed by atoms with Crippen LogP contribution in [0.2, 0.25) is 4.34 Å². The van der Waals surface area contributed by atoms with E-state index < -0.39 is 0 Å². The number of carbonyl (C=O) groups excluding carboxylic acids is 2. The third-order valence-electron chi connectivity index (χ3n) is 1.94. The van der Waals surface area contributed by atoms with Crippen molar-refractivity contribution in [2.75, 3.05) is 11.1 Å². The van der Waals surface area contributed by atoms with E-state index in [4.69, 9.17) is 17.3 Å². The molecule has 1 amide bonds. The van der Waals surface area contributed by atoms with Gasteiger partial charge in [-0.2, -0.15) is 0 Å². The zero-order valence-corrected chi connectivity index (χ0v) is 11.6. The fourth-order valence-electron chi connectivity index (χ4n) is 1.25. The second-order valence-electron chi connectivity index (χ2n) is 3.35. The molecule has 0 unspecified atom stereocenters. The lowest BCUT2D eigenvalue weighted by molar-refractivity contribution is -0.114. The largest absolute Gasteiger partial charge is 0.382 e. The fourth-order valence-corrected chi connectivity index (χ4v) is 3.19. The van der Waals surface area contributed by atoms with Crippen molar-refractivity contribution in [2.45, 2.75) is 6.92 Å². The van der Waals surface area contributed by atoms with Gasteiger partial charge in [-0.1, -0.05) is 22.9 Å². The summed E-state index contributed by atoms with van der Waals surface area (Å²) in [7, 11) is 0. The van der Waals surface area contributed by atoms with Gasteiger partial charge < -0.3 is 11.1 Å². The Morgan fingerprint density at radius 1 is 1.39 bits per heavy atom. The molecule has 2 heterocycles. The van der Waals surface area contributed by atoms with Gasteiger partial charge >= 0.3 is 0 Å². The number of thiazole rings is 1. The average Bonchev–Trinajstić information content (AvgIpc) is 2.83. The lowest BCUT2D eigenvalue weighted by atomic mass is 10.3. The van der Waals surface area contributed by atoms with E-state index in [1.54, 1.807) is 12.1 Å². The number of halogens is 1. The normalized spacial score (nSPS) is 10.3. The minimum atomic E-state index is -0.262. The Kier molecular flexibility index (Phi) is 3.65. The second kappa shape index (κ2) is 5.05. The van der Waals surface area contributed by atoms with E-state index in [2.05, 4.69) is 10.3 Å². The van der Waals surface area contributed by atoms with Gasteiger partial charge in [0.25, 0.3) is 0 Å². The van der Waals surface area contributed by atoms with Crippen molar-refractivity contribution >= 4 is 56.9 Å². The number of carbonyl (C=O) groups is 2. The third kappa shape index (κ3) is 2.69. The lowest BCUT2D eigenvalue weighted by Crippen LogP contribution is -2.05. The smallest absolute Gasteiger partial charge is 0.223 e. The first-order chi connectivity index (χ1) is 8.47. The zero-order chi connectivity index (χ0) is 13.3. The number of nitrogens with one attached hydrogen (secondary N) is 1. The summed E-state index contributed by atoms with van der Waals surface area (Å²) in [5, 5.41) is 2.80. The Labute approximate surface area is 116 Å². The monoisotopic (exact) mass is 301 g/mol. The number of thiophene rings is 1. The molecule has 0 atom stereocenters. The predicted octanol–water partition coefficient (Wildman–Crippen LogP) is 2.63. The average molecular weight is 302 g/mol. The van der Waals surface area contributed by atoms with Crippen molar-refractivity contribution in [3.05, 3.63) is 26.2 Å². The summed E-state index contributed by atoms with van der Waals surface area (Å²) in [5.74, 6) is -0.390. The Bertz CT molecular complexity index is 620. The number of nitrogens with zero attached hydrogens (tertiary/aromatic N) is 1. The maximum absolute atomic E-state index is 12.1. The molecule has 5 nitrogen and oxygen atoms in total. The maximum atomic E-state index is 12.1. The maximum Gasteiger partial charge on any atom is 0.223 e. The van der Waals surface area contributed by atoms with Crippen molar-refractivity contribution in [2.24, 2.45) is 0 Å². The Hall–Kier alpha value is -1.44. The van der Waals surface area contributed by atoms with E-state index in [1.807, 2.05) is 0 Å². The zero-order valence-electron chi connectivity index (χ0n) is 9.19. The number of aromatic nitrogens is 1. The van der Waals surface area contributed by atoms with Crippen LogP contribution in [0, 0.1) is 0 Å². The summed E-state index contributed by atoms with van der Waals surface area (Å²) in [5.41, 5.74) is 5.66. The highest BCUT2D eigenvalue weighted by molar-refractivity contribution is 7.21. The third-order valence-corrected chi connectivity index (χ3v) is 4.15.